The summed E-state index contributed by atoms with van der Waals surface area (Å²) in [6.45, 7) is 2.52. The van der Waals surface area contributed by atoms with Crippen LogP contribution < -0.4 is 5.32 Å². The molecule has 9 nitrogen and oxygen atoms in total. The zero-order valence-electron chi connectivity index (χ0n) is 18.5. The number of hydrogen-bond acceptors (Lipinski definition) is 8. The fourth-order valence-corrected chi connectivity index (χ4v) is 6.05. The molecule has 1 N–H and O–H groups in total. The minimum absolute atomic E-state index is 0.0430. The Hall–Kier alpha value is -2.72. The number of fused-ring (bicyclic) bond motifs is 1. The van der Waals surface area contributed by atoms with Crippen molar-refractivity contribution >= 4 is 28.9 Å². The number of ether oxygens (including phenoxy) is 1. The first-order valence-corrected chi connectivity index (χ1v) is 12.3. The Bertz CT molecular complexity index is 1040. The Labute approximate surface area is 196 Å². The summed E-state index contributed by atoms with van der Waals surface area (Å²) in [5.41, 5.74) is 0.644. The lowest BCUT2D eigenvalue weighted by atomic mass is 9.83. The van der Waals surface area contributed by atoms with Gasteiger partial charge in [-0.15, -0.1) is 11.3 Å². The van der Waals surface area contributed by atoms with Crippen LogP contribution >= 0.6 is 11.3 Å². The monoisotopic (exact) mass is 469 g/mol. The van der Waals surface area contributed by atoms with Gasteiger partial charge in [-0.1, -0.05) is 26.2 Å². The molecule has 1 aliphatic carbocycles. The molecule has 1 saturated carbocycles. The zero-order chi connectivity index (χ0) is 22.9. The first-order valence-electron chi connectivity index (χ1n) is 11.5. The molecule has 4 atom stereocenters. The number of likely N-dealkylation sites (tertiary alicyclic amines) is 1. The number of rotatable bonds is 5. The topological polar surface area (TPSA) is 114 Å². The van der Waals surface area contributed by atoms with Gasteiger partial charge in [0.2, 0.25) is 5.91 Å². The van der Waals surface area contributed by atoms with Gasteiger partial charge in [0, 0.05) is 31.1 Å². The van der Waals surface area contributed by atoms with E-state index < -0.39 is 12.1 Å². The fourth-order valence-electron chi connectivity index (χ4n) is 5.27. The lowest BCUT2D eigenvalue weighted by molar-refractivity contribution is -0.139. The van der Waals surface area contributed by atoms with Crippen LogP contribution in [0.5, 0.6) is 0 Å². The molecule has 0 unspecified atom stereocenters. The van der Waals surface area contributed by atoms with Gasteiger partial charge >= 0.3 is 0 Å². The Kier molecular flexibility index (Phi) is 6.20. The van der Waals surface area contributed by atoms with Crippen LogP contribution in [0.2, 0.25) is 0 Å². The number of aromatic nitrogens is 3. The number of ketones is 1. The molecule has 3 aliphatic rings. The second kappa shape index (κ2) is 9.26. The lowest BCUT2D eigenvalue weighted by Gasteiger charge is -2.34. The summed E-state index contributed by atoms with van der Waals surface area (Å²) in [5, 5.41) is 3.26. The van der Waals surface area contributed by atoms with E-state index in [2.05, 4.69) is 20.3 Å². The maximum atomic E-state index is 13.7. The molecule has 0 spiro atoms. The third-order valence-corrected chi connectivity index (χ3v) is 7.93. The van der Waals surface area contributed by atoms with Crippen LogP contribution in [0.25, 0.3) is 10.6 Å². The number of hydrogen-bond donors (Lipinski definition) is 1. The largest absolute Gasteiger partial charge is 0.367 e. The third kappa shape index (κ3) is 4.29. The molecule has 10 heteroatoms. The highest BCUT2D eigenvalue weighted by Crippen LogP contribution is 2.34. The van der Waals surface area contributed by atoms with Crippen molar-refractivity contribution in [2.45, 2.75) is 57.2 Å². The van der Waals surface area contributed by atoms with Crippen molar-refractivity contribution in [1.29, 1.82) is 0 Å². The van der Waals surface area contributed by atoms with Gasteiger partial charge in [-0.25, -0.2) is 4.98 Å². The highest BCUT2D eigenvalue weighted by Gasteiger charge is 2.52. The molecular formula is C23H27N5O4S. The van der Waals surface area contributed by atoms with Gasteiger partial charge < -0.3 is 15.0 Å². The molecule has 5 rings (SSSR count). The highest BCUT2D eigenvalue weighted by atomic mass is 32.1. The number of carbonyl (C=O) groups excluding carboxylic acids is 3. The fraction of sp³-hybridized carbons (Fsp3) is 0.565. The number of carbonyl (C=O) groups is 3. The normalized spacial score (nSPS) is 26.3. The average Bonchev–Trinajstić information content (AvgIpc) is 3.56. The minimum atomic E-state index is -0.680. The molecule has 0 aromatic carbocycles. The summed E-state index contributed by atoms with van der Waals surface area (Å²) in [7, 11) is 0. The van der Waals surface area contributed by atoms with E-state index in [1.807, 2.05) is 6.92 Å². The van der Waals surface area contributed by atoms with Crippen molar-refractivity contribution in [2.75, 3.05) is 13.2 Å². The van der Waals surface area contributed by atoms with Gasteiger partial charge in [-0.3, -0.25) is 24.4 Å². The molecule has 2 aromatic heterocycles. The maximum absolute atomic E-state index is 13.7. The van der Waals surface area contributed by atoms with Crippen molar-refractivity contribution in [2.24, 2.45) is 11.8 Å². The van der Waals surface area contributed by atoms with Crippen LogP contribution in [0.1, 0.15) is 48.8 Å². The van der Waals surface area contributed by atoms with Crippen LogP contribution in [0.3, 0.4) is 0 Å². The van der Waals surface area contributed by atoms with Crippen molar-refractivity contribution in [3.63, 3.8) is 0 Å². The summed E-state index contributed by atoms with van der Waals surface area (Å²) >= 11 is 1.22. The summed E-state index contributed by atoms with van der Waals surface area (Å²) in [6.07, 6.45) is 11.1. The molecule has 4 heterocycles. The van der Waals surface area contributed by atoms with Gasteiger partial charge in [0.15, 0.2) is 10.8 Å². The Morgan fingerprint density at radius 2 is 2.00 bits per heavy atom. The maximum Gasteiger partial charge on any atom is 0.280 e. The molecule has 0 bridgehead atoms. The van der Waals surface area contributed by atoms with E-state index in [1.54, 1.807) is 29.7 Å². The predicted molar refractivity (Wildman–Crippen MR) is 120 cm³/mol. The number of nitrogens with zero attached hydrogens (tertiary/aromatic N) is 4. The van der Waals surface area contributed by atoms with E-state index in [4.69, 9.17) is 4.74 Å². The second-order valence-corrected chi connectivity index (χ2v) is 10.2. The SMILES string of the molecule is C[C@H]1CN(C(=O)[C@@H](NC(=O)c2ncc(-c3cnccn3)s2)C2CCCCC2)[C@@H]2C(=O)CO[C@@H]21. The Morgan fingerprint density at radius 3 is 2.76 bits per heavy atom. The lowest BCUT2D eigenvalue weighted by Crippen LogP contribution is -2.55. The molecule has 2 aliphatic heterocycles. The Balaban J connectivity index is 1.37. The van der Waals surface area contributed by atoms with Crippen molar-refractivity contribution in [3.8, 4) is 10.6 Å². The minimum Gasteiger partial charge on any atom is -0.367 e. The van der Waals surface area contributed by atoms with E-state index in [9.17, 15) is 14.4 Å². The molecule has 33 heavy (non-hydrogen) atoms. The molecule has 2 saturated heterocycles. The number of amides is 2. The van der Waals surface area contributed by atoms with Crippen molar-refractivity contribution < 1.29 is 19.1 Å². The molecule has 3 fully saturated rings. The number of Topliss-reactive ketones (excluding diaryl/α,β-unsaturated/α-hetero) is 1. The molecule has 2 aromatic rings. The molecular weight excluding hydrogens is 442 g/mol. The van der Waals surface area contributed by atoms with E-state index in [0.29, 0.717) is 12.2 Å². The third-order valence-electron chi connectivity index (χ3n) is 6.91. The van der Waals surface area contributed by atoms with Gasteiger partial charge in [0.05, 0.1) is 17.2 Å². The van der Waals surface area contributed by atoms with Crippen LogP contribution in [0, 0.1) is 11.8 Å². The van der Waals surface area contributed by atoms with E-state index in [1.165, 1.54) is 11.3 Å². The van der Waals surface area contributed by atoms with Crippen LogP contribution in [0.15, 0.2) is 24.8 Å². The molecule has 0 radical (unpaired) electrons. The van der Waals surface area contributed by atoms with E-state index >= 15 is 0 Å². The van der Waals surface area contributed by atoms with Crippen LogP contribution in [0.4, 0.5) is 0 Å². The Morgan fingerprint density at radius 1 is 1.18 bits per heavy atom. The number of thiazole rings is 1. The van der Waals surface area contributed by atoms with Gasteiger partial charge in [0.25, 0.3) is 5.91 Å². The summed E-state index contributed by atoms with van der Waals surface area (Å²) in [4.78, 5) is 54.3. The van der Waals surface area contributed by atoms with Crippen LogP contribution in [-0.4, -0.2) is 68.8 Å². The molecule has 174 valence electrons. The molecule has 2 amide bonds. The zero-order valence-corrected chi connectivity index (χ0v) is 19.3. The van der Waals surface area contributed by atoms with Crippen molar-refractivity contribution in [1.82, 2.24) is 25.2 Å². The first-order chi connectivity index (χ1) is 16.0. The standard InChI is InChI=1S/C23H27N5O4S/c1-13-11-28(19-16(29)12-32-20(13)19)23(31)18(14-5-3-2-4-6-14)27-21(30)22-26-10-17(33-22)15-9-24-7-8-25-15/h7-10,13-14,18-20H,2-6,11-12H2,1H3,(H,27,30)/t13-,18-,19+,20+/m0/s1. The van der Waals surface area contributed by atoms with E-state index in [-0.39, 0.29) is 47.2 Å². The van der Waals surface area contributed by atoms with Gasteiger partial charge in [-0.05, 0) is 18.8 Å². The second-order valence-electron chi connectivity index (χ2n) is 9.12. The smallest absolute Gasteiger partial charge is 0.280 e. The quantitative estimate of drug-likeness (QED) is 0.713. The summed E-state index contributed by atoms with van der Waals surface area (Å²) < 4.78 is 5.65. The predicted octanol–water partition coefficient (Wildman–Crippen LogP) is 2.09. The van der Waals surface area contributed by atoms with Crippen LogP contribution in [-0.2, 0) is 14.3 Å². The van der Waals surface area contributed by atoms with Gasteiger partial charge in [-0.2, -0.15) is 0 Å². The first kappa shape index (κ1) is 22.1. The van der Waals surface area contributed by atoms with Gasteiger partial charge in [0.1, 0.15) is 24.4 Å². The van der Waals surface area contributed by atoms with Crippen molar-refractivity contribution in [3.05, 3.63) is 29.8 Å². The average molecular weight is 470 g/mol. The summed E-state index contributed by atoms with van der Waals surface area (Å²) in [5.74, 6) is -0.487. The summed E-state index contributed by atoms with van der Waals surface area (Å²) in [6, 6.07) is -1.22. The highest BCUT2D eigenvalue weighted by molar-refractivity contribution is 7.16. The number of nitrogens with one attached hydrogen (secondary N) is 1. The van der Waals surface area contributed by atoms with E-state index in [0.717, 1.165) is 37.0 Å².